The number of rotatable bonds is 3. The number of hydrogen-bond acceptors (Lipinski definition) is 4. The zero-order valence-corrected chi connectivity index (χ0v) is 12.3. The molecule has 0 radical (unpaired) electrons. The molecule has 5 nitrogen and oxygen atoms in total. The summed E-state index contributed by atoms with van der Waals surface area (Å²) in [5.41, 5.74) is 1.07. The van der Waals surface area contributed by atoms with Crippen molar-refractivity contribution in [3.63, 3.8) is 0 Å². The number of H-pyrrole nitrogens is 1. The molecule has 0 saturated carbocycles. The number of halogens is 4. The third-order valence-electron chi connectivity index (χ3n) is 3.23. The van der Waals surface area contributed by atoms with Crippen molar-refractivity contribution < 1.29 is 22.3 Å². The van der Waals surface area contributed by atoms with Crippen molar-refractivity contribution in [3.05, 3.63) is 54.0 Å². The Balaban J connectivity index is 2.04. The highest BCUT2D eigenvalue weighted by Crippen LogP contribution is 2.31. The highest BCUT2D eigenvalue weighted by molar-refractivity contribution is 5.74. The molecule has 0 aliphatic heterocycles. The Morgan fingerprint density at radius 3 is 2.52 bits per heavy atom. The van der Waals surface area contributed by atoms with Crippen molar-refractivity contribution in [2.45, 2.75) is 6.36 Å². The molecule has 0 bridgehead atoms. The molecule has 126 valence electrons. The monoisotopic (exact) mass is 348 g/mol. The lowest BCUT2D eigenvalue weighted by Crippen LogP contribution is -2.17. The maximum absolute atomic E-state index is 14.0. The van der Waals surface area contributed by atoms with Gasteiger partial charge < -0.3 is 4.74 Å². The molecule has 1 heterocycles. The van der Waals surface area contributed by atoms with E-state index in [0.717, 1.165) is 24.3 Å². The van der Waals surface area contributed by atoms with Crippen molar-refractivity contribution in [2.24, 2.45) is 0 Å². The number of aromatic nitrogens is 3. The Morgan fingerprint density at radius 2 is 1.80 bits per heavy atom. The minimum absolute atomic E-state index is 0.0469. The van der Waals surface area contributed by atoms with Gasteiger partial charge in [-0.2, -0.15) is 5.26 Å². The molecule has 0 aliphatic carbocycles. The van der Waals surface area contributed by atoms with Gasteiger partial charge in [-0.15, -0.1) is 18.3 Å². The number of alkyl halides is 3. The highest BCUT2D eigenvalue weighted by atomic mass is 19.4. The Kier molecular flexibility index (Phi) is 4.10. The highest BCUT2D eigenvalue weighted by Gasteiger charge is 2.31. The van der Waals surface area contributed by atoms with Gasteiger partial charge in [0, 0.05) is 5.56 Å². The summed E-state index contributed by atoms with van der Waals surface area (Å²) in [6, 6.07) is 10.8. The molecule has 3 rings (SSSR count). The number of aromatic amines is 1. The summed E-state index contributed by atoms with van der Waals surface area (Å²) in [4.78, 5) is 0. The van der Waals surface area contributed by atoms with E-state index >= 15 is 0 Å². The molecular formula is C16H8F4N4O. The van der Waals surface area contributed by atoms with Crippen LogP contribution in [-0.4, -0.2) is 21.8 Å². The van der Waals surface area contributed by atoms with E-state index in [0.29, 0.717) is 11.1 Å². The van der Waals surface area contributed by atoms with Crippen molar-refractivity contribution in [1.82, 2.24) is 15.4 Å². The Bertz CT molecular complexity index is 959. The molecule has 0 atom stereocenters. The van der Waals surface area contributed by atoms with E-state index in [1.807, 2.05) is 6.07 Å². The van der Waals surface area contributed by atoms with E-state index in [9.17, 15) is 17.6 Å². The van der Waals surface area contributed by atoms with Crippen LogP contribution in [0.5, 0.6) is 5.75 Å². The largest absolute Gasteiger partial charge is 0.573 e. The van der Waals surface area contributed by atoms with Gasteiger partial charge in [-0.25, -0.2) is 9.49 Å². The summed E-state index contributed by atoms with van der Waals surface area (Å²) in [7, 11) is 0. The summed E-state index contributed by atoms with van der Waals surface area (Å²) in [5.74, 6) is -1.06. The topological polar surface area (TPSA) is 74.6 Å². The first-order valence-corrected chi connectivity index (χ1v) is 6.84. The molecule has 3 aromatic rings. The number of nitrogens with one attached hydrogen (secondary N) is 1. The van der Waals surface area contributed by atoms with Crippen LogP contribution in [0, 0.1) is 17.1 Å². The minimum atomic E-state index is -4.83. The number of ether oxygens (including phenoxy) is 1. The van der Waals surface area contributed by atoms with E-state index in [2.05, 4.69) is 20.1 Å². The van der Waals surface area contributed by atoms with Crippen LogP contribution in [-0.2, 0) is 0 Å². The maximum atomic E-state index is 14.0. The third kappa shape index (κ3) is 3.74. The quantitative estimate of drug-likeness (QED) is 0.725. The van der Waals surface area contributed by atoms with Crippen molar-refractivity contribution >= 4 is 0 Å². The van der Waals surface area contributed by atoms with Gasteiger partial charge in [0.05, 0.1) is 0 Å². The lowest BCUT2D eigenvalue weighted by atomic mass is 10.0. The molecule has 0 aliphatic rings. The Hall–Kier alpha value is -3.41. The molecule has 0 amide bonds. The summed E-state index contributed by atoms with van der Waals surface area (Å²) >= 11 is 0. The average Bonchev–Trinajstić information content (AvgIpc) is 3.01. The fourth-order valence-electron chi connectivity index (χ4n) is 2.27. The SMILES string of the molecule is N#Cc1[nH]nnc1-c1cc(F)cc(-c2cccc(OC(F)(F)F)c2)c1. The predicted molar refractivity (Wildman–Crippen MR) is 78.6 cm³/mol. The van der Waals surface area contributed by atoms with Gasteiger partial charge in [-0.1, -0.05) is 17.3 Å². The van der Waals surface area contributed by atoms with Crippen LogP contribution in [0.25, 0.3) is 22.4 Å². The van der Waals surface area contributed by atoms with Crippen LogP contribution in [0.4, 0.5) is 17.6 Å². The predicted octanol–water partition coefficient (Wildman–Crippen LogP) is 4.05. The lowest BCUT2D eigenvalue weighted by Gasteiger charge is -2.11. The first kappa shape index (κ1) is 16.4. The van der Waals surface area contributed by atoms with Gasteiger partial charge >= 0.3 is 6.36 Å². The van der Waals surface area contributed by atoms with Gasteiger partial charge in [-0.3, -0.25) is 0 Å². The van der Waals surface area contributed by atoms with Gasteiger partial charge in [0.2, 0.25) is 0 Å². The fourth-order valence-corrected chi connectivity index (χ4v) is 2.27. The molecule has 0 spiro atoms. The van der Waals surface area contributed by atoms with Crippen LogP contribution in [0.3, 0.4) is 0 Å². The van der Waals surface area contributed by atoms with Crippen LogP contribution < -0.4 is 4.74 Å². The smallest absolute Gasteiger partial charge is 0.406 e. The molecule has 1 aromatic heterocycles. The standard InChI is InChI=1S/C16H8F4N4O/c17-12-5-10(4-11(6-12)15-14(8-21)22-24-23-15)9-2-1-3-13(7-9)25-16(18,19)20/h1-7H,(H,22,23,24). The average molecular weight is 348 g/mol. The minimum Gasteiger partial charge on any atom is -0.406 e. The normalized spacial score (nSPS) is 11.2. The first-order valence-electron chi connectivity index (χ1n) is 6.84. The van der Waals surface area contributed by atoms with Crippen LogP contribution >= 0.6 is 0 Å². The Morgan fingerprint density at radius 1 is 1.04 bits per heavy atom. The van der Waals surface area contributed by atoms with E-state index in [4.69, 9.17) is 5.26 Å². The van der Waals surface area contributed by atoms with Crippen LogP contribution in [0.15, 0.2) is 42.5 Å². The van der Waals surface area contributed by atoms with Gasteiger partial charge in [0.1, 0.15) is 23.3 Å². The Labute approximate surface area is 138 Å². The molecule has 0 saturated heterocycles. The van der Waals surface area contributed by atoms with E-state index in [-0.39, 0.29) is 17.0 Å². The van der Waals surface area contributed by atoms with Crippen LogP contribution in [0.2, 0.25) is 0 Å². The van der Waals surface area contributed by atoms with Gasteiger partial charge in [0.25, 0.3) is 0 Å². The molecule has 2 aromatic carbocycles. The zero-order chi connectivity index (χ0) is 18.0. The number of nitriles is 1. The summed E-state index contributed by atoms with van der Waals surface area (Å²) in [6.45, 7) is 0. The molecular weight excluding hydrogens is 340 g/mol. The van der Waals surface area contributed by atoms with Crippen LogP contribution in [0.1, 0.15) is 5.69 Å². The van der Waals surface area contributed by atoms with Gasteiger partial charge in [-0.05, 0) is 41.5 Å². The summed E-state index contributed by atoms with van der Waals surface area (Å²) < 4.78 is 54.9. The van der Waals surface area contributed by atoms with E-state index < -0.39 is 17.9 Å². The second-order valence-electron chi connectivity index (χ2n) is 4.95. The molecule has 25 heavy (non-hydrogen) atoms. The van der Waals surface area contributed by atoms with Gasteiger partial charge in [0.15, 0.2) is 5.69 Å². The lowest BCUT2D eigenvalue weighted by molar-refractivity contribution is -0.274. The summed E-state index contributed by atoms with van der Waals surface area (Å²) in [5, 5.41) is 18.6. The third-order valence-corrected chi connectivity index (χ3v) is 3.23. The molecule has 1 N–H and O–H groups in total. The number of benzene rings is 2. The first-order chi connectivity index (χ1) is 11.9. The molecule has 0 unspecified atom stereocenters. The molecule has 0 fully saturated rings. The zero-order valence-electron chi connectivity index (χ0n) is 12.3. The van der Waals surface area contributed by atoms with Crippen molar-refractivity contribution in [1.29, 1.82) is 5.26 Å². The number of hydrogen-bond donors (Lipinski definition) is 1. The number of nitrogens with zero attached hydrogens (tertiary/aromatic N) is 3. The second-order valence-corrected chi connectivity index (χ2v) is 4.95. The second kappa shape index (κ2) is 6.24. The molecule has 9 heteroatoms. The van der Waals surface area contributed by atoms with E-state index in [1.54, 1.807) is 0 Å². The van der Waals surface area contributed by atoms with Crippen molar-refractivity contribution in [2.75, 3.05) is 0 Å². The van der Waals surface area contributed by atoms with Crippen molar-refractivity contribution in [3.8, 4) is 34.2 Å². The fraction of sp³-hybridized carbons (Fsp3) is 0.0625. The maximum Gasteiger partial charge on any atom is 0.573 e. The summed E-state index contributed by atoms with van der Waals surface area (Å²) in [6.07, 6.45) is -4.83. The van der Waals surface area contributed by atoms with E-state index in [1.165, 1.54) is 18.2 Å².